The first-order valence-electron chi connectivity index (χ1n) is 13.8. The van der Waals surface area contributed by atoms with Crippen LogP contribution in [-0.4, -0.2) is 59.7 Å². The SMILES string of the molecule is O=C1[SH4]CCN(c2ccc(C(=O)N3CCC(C(=O)NCCc4ccc(F)cc4)(c4ccc(F)cc4)CC3)cc2)C1=O. The largest absolute Gasteiger partial charge is 0.355 e. The summed E-state index contributed by atoms with van der Waals surface area (Å²) >= 11 is -0.992. The highest BCUT2D eigenvalue weighted by Gasteiger charge is 2.43. The summed E-state index contributed by atoms with van der Waals surface area (Å²) in [5.74, 6) is -0.809. The van der Waals surface area contributed by atoms with Crippen LogP contribution in [0.1, 0.15) is 34.3 Å². The van der Waals surface area contributed by atoms with Crippen molar-refractivity contribution >= 4 is 40.3 Å². The zero-order valence-corrected chi connectivity index (χ0v) is 24.0. The third kappa shape index (κ3) is 6.17. The van der Waals surface area contributed by atoms with Crippen LogP contribution in [-0.2, 0) is 26.2 Å². The summed E-state index contributed by atoms with van der Waals surface area (Å²) < 4.78 is 26.9. The molecule has 216 valence electrons. The molecule has 0 bridgehead atoms. The van der Waals surface area contributed by atoms with Crippen molar-refractivity contribution in [1.82, 2.24) is 10.2 Å². The number of anilines is 1. The average Bonchev–Trinajstić information content (AvgIpc) is 2.99. The topological polar surface area (TPSA) is 86.8 Å². The van der Waals surface area contributed by atoms with Gasteiger partial charge < -0.3 is 15.1 Å². The first-order chi connectivity index (χ1) is 19.8. The van der Waals surface area contributed by atoms with Gasteiger partial charge in [0.05, 0.1) is 5.41 Å². The summed E-state index contributed by atoms with van der Waals surface area (Å²) in [6, 6.07) is 18.7. The maximum atomic E-state index is 13.7. The van der Waals surface area contributed by atoms with Crippen LogP contribution in [0.25, 0.3) is 0 Å². The second-order valence-corrected chi connectivity index (χ2v) is 12.4. The van der Waals surface area contributed by atoms with E-state index in [1.165, 1.54) is 29.2 Å². The van der Waals surface area contributed by atoms with Gasteiger partial charge in [0.1, 0.15) is 11.6 Å². The number of halogens is 2. The predicted molar refractivity (Wildman–Crippen MR) is 158 cm³/mol. The van der Waals surface area contributed by atoms with E-state index in [-0.39, 0.29) is 22.7 Å². The van der Waals surface area contributed by atoms with Gasteiger partial charge in [-0.05, 0) is 84.7 Å². The summed E-state index contributed by atoms with van der Waals surface area (Å²) in [6.07, 6.45) is 1.25. The minimum Gasteiger partial charge on any atom is -0.355 e. The Morgan fingerprint density at radius 3 is 2.07 bits per heavy atom. The molecule has 0 aliphatic carbocycles. The van der Waals surface area contributed by atoms with Gasteiger partial charge in [-0.25, -0.2) is 20.5 Å². The minimum absolute atomic E-state index is 0.186. The Labute approximate surface area is 240 Å². The monoisotopic (exact) mass is 581 g/mol. The lowest BCUT2D eigenvalue weighted by atomic mass is 9.71. The molecule has 0 saturated carbocycles. The van der Waals surface area contributed by atoms with Crippen molar-refractivity contribution in [2.75, 3.05) is 36.8 Å². The first kappa shape index (κ1) is 28.5. The summed E-state index contributed by atoms with van der Waals surface area (Å²) in [7, 11) is 0. The first-order valence-corrected chi connectivity index (χ1v) is 15.5. The lowest BCUT2D eigenvalue weighted by molar-refractivity contribution is -0.131. The molecule has 2 fully saturated rings. The van der Waals surface area contributed by atoms with Gasteiger partial charge in [-0.1, -0.05) is 24.3 Å². The van der Waals surface area contributed by atoms with Crippen molar-refractivity contribution < 1.29 is 28.0 Å². The van der Waals surface area contributed by atoms with E-state index in [1.54, 1.807) is 53.4 Å². The Morgan fingerprint density at radius 2 is 1.44 bits per heavy atom. The van der Waals surface area contributed by atoms with Crippen LogP contribution in [0.3, 0.4) is 0 Å². The Hall–Kier alpha value is -4.05. The van der Waals surface area contributed by atoms with Gasteiger partial charge in [0, 0.05) is 37.4 Å². The number of rotatable bonds is 7. The molecular formula is C31H33F2N3O4S. The molecule has 10 heteroatoms. The fourth-order valence-corrected chi connectivity index (χ4v) is 6.82. The van der Waals surface area contributed by atoms with Gasteiger partial charge in [-0.15, -0.1) is 0 Å². The van der Waals surface area contributed by atoms with Crippen LogP contribution in [0.15, 0.2) is 72.8 Å². The molecule has 41 heavy (non-hydrogen) atoms. The zero-order chi connectivity index (χ0) is 29.0. The molecule has 1 N–H and O–H groups in total. The van der Waals surface area contributed by atoms with Crippen molar-refractivity contribution in [3.05, 3.63) is 101 Å². The number of amides is 3. The lowest BCUT2D eigenvalue weighted by Gasteiger charge is -2.41. The fraction of sp³-hybridized carbons (Fsp3) is 0.290. The standard InChI is InChI=1S/C31H33F2N3O4S/c32-24-7-1-21(2-8-24)13-16-34-30(40)31(23-5-9-25(33)10-6-23)14-17-35(18-15-31)27(37)22-3-11-26(12-4-22)36-19-20-41-29(39)28(36)38/h1-12H,13-20H2,41H4,(H,34,40). The van der Waals surface area contributed by atoms with E-state index in [9.17, 15) is 28.0 Å². The smallest absolute Gasteiger partial charge is 0.301 e. The fourth-order valence-electron chi connectivity index (χ4n) is 5.62. The predicted octanol–water partition coefficient (Wildman–Crippen LogP) is 3.03. The van der Waals surface area contributed by atoms with Crippen LogP contribution < -0.4 is 10.2 Å². The number of benzene rings is 3. The van der Waals surface area contributed by atoms with Gasteiger partial charge in [0.2, 0.25) is 11.0 Å². The van der Waals surface area contributed by atoms with Crippen molar-refractivity contribution in [1.29, 1.82) is 0 Å². The maximum Gasteiger partial charge on any atom is 0.301 e. The number of hydrogen-bond donors (Lipinski definition) is 1. The molecule has 3 amide bonds. The van der Waals surface area contributed by atoms with Gasteiger partial charge >= 0.3 is 5.91 Å². The van der Waals surface area contributed by atoms with E-state index in [0.29, 0.717) is 62.3 Å². The highest BCUT2D eigenvalue weighted by atomic mass is 32.2. The number of nitrogens with zero attached hydrogens (tertiary/aromatic N) is 2. The normalized spacial score (nSPS) is 17.1. The summed E-state index contributed by atoms with van der Waals surface area (Å²) in [5, 5.41) is 2.74. The molecule has 2 heterocycles. The summed E-state index contributed by atoms with van der Waals surface area (Å²) in [6.45, 7) is 1.53. The van der Waals surface area contributed by atoms with Gasteiger partial charge in [-0.2, -0.15) is 0 Å². The maximum absolute atomic E-state index is 13.7. The second kappa shape index (κ2) is 12.2. The minimum atomic E-state index is -0.992. The van der Waals surface area contributed by atoms with Crippen LogP contribution in [0.2, 0.25) is 0 Å². The summed E-state index contributed by atoms with van der Waals surface area (Å²) in [4.78, 5) is 54.2. The number of piperidine rings is 1. The number of carbonyl (C=O) groups excluding carboxylic acids is 4. The average molecular weight is 582 g/mol. The Kier molecular flexibility index (Phi) is 8.49. The van der Waals surface area contributed by atoms with Crippen molar-refractivity contribution in [2.45, 2.75) is 24.7 Å². The molecule has 3 aromatic rings. The van der Waals surface area contributed by atoms with Gasteiger partial charge in [0.25, 0.3) is 5.91 Å². The number of likely N-dealkylation sites (tertiary alicyclic amines) is 1. The van der Waals surface area contributed by atoms with E-state index < -0.39 is 28.9 Å². The van der Waals surface area contributed by atoms with Crippen molar-refractivity contribution in [3.63, 3.8) is 0 Å². The number of nitrogens with one attached hydrogen (secondary N) is 1. The summed E-state index contributed by atoms with van der Waals surface area (Å²) in [5.41, 5.74) is 1.71. The highest BCUT2D eigenvalue weighted by molar-refractivity contribution is 8.15. The molecule has 2 aliphatic heterocycles. The molecule has 5 rings (SSSR count). The van der Waals surface area contributed by atoms with Crippen molar-refractivity contribution in [2.24, 2.45) is 0 Å². The van der Waals surface area contributed by atoms with E-state index >= 15 is 0 Å². The molecule has 7 nitrogen and oxygen atoms in total. The lowest BCUT2D eigenvalue weighted by Crippen LogP contribution is -2.53. The number of carbonyl (C=O) groups is 4. The van der Waals surface area contributed by atoms with E-state index in [2.05, 4.69) is 5.32 Å². The van der Waals surface area contributed by atoms with Crippen LogP contribution in [0.4, 0.5) is 14.5 Å². The zero-order valence-electron chi connectivity index (χ0n) is 22.6. The van der Waals surface area contributed by atoms with Crippen molar-refractivity contribution in [3.8, 4) is 0 Å². The third-order valence-electron chi connectivity index (χ3n) is 8.04. The molecule has 2 saturated heterocycles. The molecule has 0 aromatic heterocycles. The van der Waals surface area contributed by atoms with Gasteiger partial charge in [-0.3, -0.25) is 19.2 Å². The molecule has 0 radical (unpaired) electrons. The Morgan fingerprint density at radius 1 is 0.829 bits per heavy atom. The molecule has 0 atom stereocenters. The second-order valence-electron chi connectivity index (χ2n) is 10.5. The third-order valence-corrected chi connectivity index (χ3v) is 9.47. The number of hydrogen-bond acceptors (Lipinski definition) is 4. The van der Waals surface area contributed by atoms with E-state index in [1.807, 2.05) is 0 Å². The molecule has 2 aliphatic rings. The highest BCUT2D eigenvalue weighted by Crippen LogP contribution is 2.37. The Bertz CT molecular complexity index is 1440. The van der Waals surface area contributed by atoms with Crippen LogP contribution >= 0.6 is 11.8 Å². The van der Waals surface area contributed by atoms with Gasteiger partial charge in [0.15, 0.2) is 0 Å². The molecule has 0 unspecified atom stereocenters. The Balaban J connectivity index is 1.26. The molecule has 3 aromatic carbocycles. The molecular weight excluding hydrogens is 548 g/mol. The quantitative estimate of drug-likeness (QED) is 0.435. The van der Waals surface area contributed by atoms with Crippen LogP contribution in [0.5, 0.6) is 0 Å². The van der Waals surface area contributed by atoms with E-state index in [0.717, 1.165) is 11.3 Å². The van der Waals surface area contributed by atoms with Crippen LogP contribution in [0, 0.1) is 11.6 Å². The molecule has 0 spiro atoms. The van der Waals surface area contributed by atoms with E-state index in [4.69, 9.17) is 0 Å².